The van der Waals surface area contributed by atoms with Crippen molar-refractivity contribution in [3.63, 3.8) is 0 Å². The molecule has 21 heavy (non-hydrogen) atoms. The molecule has 1 aliphatic heterocycles. The summed E-state index contributed by atoms with van der Waals surface area (Å²) in [5.74, 6) is 1.40. The summed E-state index contributed by atoms with van der Waals surface area (Å²) in [6, 6.07) is 1.78. The summed E-state index contributed by atoms with van der Waals surface area (Å²) in [6.45, 7) is 6.19. The van der Waals surface area contributed by atoms with Crippen LogP contribution in [0.15, 0.2) is 12.3 Å². The Morgan fingerprint density at radius 2 is 2.10 bits per heavy atom. The molecule has 118 valence electrons. The van der Waals surface area contributed by atoms with E-state index < -0.39 is 0 Å². The maximum absolute atomic E-state index is 5.53. The summed E-state index contributed by atoms with van der Waals surface area (Å²) in [7, 11) is 1.64. The number of anilines is 1. The van der Waals surface area contributed by atoms with Crippen LogP contribution in [0.1, 0.15) is 25.7 Å². The van der Waals surface area contributed by atoms with E-state index in [4.69, 9.17) is 10.5 Å². The van der Waals surface area contributed by atoms with E-state index in [-0.39, 0.29) is 0 Å². The molecule has 0 spiro atoms. The molecular weight excluding hydrogens is 266 g/mol. The van der Waals surface area contributed by atoms with Crippen LogP contribution >= 0.6 is 0 Å². The lowest BCUT2D eigenvalue weighted by Gasteiger charge is -2.22. The van der Waals surface area contributed by atoms with Crippen LogP contribution in [-0.2, 0) is 0 Å². The summed E-state index contributed by atoms with van der Waals surface area (Å²) in [5, 5.41) is 0. The first-order chi connectivity index (χ1) is 10.3. The lowest BCUT2D eigenvalue weighted by molar-refractivity contribution is 0.286. The van der Waals surface area contributed by atoms with Crippen molar-refractivity contribution in [2.24, 2.45) is 5.73 Å². The number of unbranched alkanes of at least 4 members (excludes halogenated alkanes) is 2. The van der Waals surface area contributed by atoms with Gasteiger partial charge in [0.25, 0.3) is 0 Å². The summed E-state index contributed by atoms with van der Waals surface area (Å²) in [4.78, 5) is 13.6. The minimum Gasteiger partial charge on any atom is -0.481 e. The topological polar surface area (TPSA) is 67.5 Å². The molecule has 0 unspecified atom stereocenters. The van der Waals surface area contributed by atoms with Crippen molar-refractivity contribution < 1.29 is 4.74 Å². The molecule has 2 rings (SSSR count). The number of hydrogen-bond acceptors (Lipinski definition) is 6. The molecule has 2 heterocycles. The molecule has 1 fully saturated rings. The number of aromatic nitrogens is 2. The molecule has 0 radical (unpaired) electrons. The Bertz CT molecular complexity index is 415. The van der Waals surface area contributed by atoms with Gasteiger partial charge >= 0.3 is 0 Å². The first kappa shape index (κ1) is 16.0. The number of hydrogen-bond donors (Lipinski definition) is 1. The van der Waals surface area contributed by atoms with Gasteiger partial charge in [-0.25, -0.2) is 4.98 Å². The van der Waals surface area contributed by atoms with Crippen molar-refractivity contribution in [2.75, 3.05) is 51.3 Å². The zero-order valence-corrected chi connectivity index (χ0v) is 13.0. The molecule has 6 heteroatoms. The third kappa shape index (κ3) is 5.13. The highest BCUT2D eigenvalue weighted by Crippen LogP contribution is 2.14. The van der Waals surface area contributed by atoms with Crippen LogP contribution in [0.3, 0.4) is 0 Å². The van der Waals surface area contributed by atoms with Crippen molar-refractivity contribution in [3.8, 4) is 5.88 Å². The molecule has 2 N–H and O–H groups in total. The van der Waals surface area contributed by atoms with E-state index in [1.54, 1.807) is 19.4 Å². The van der Waals surface area contributed by atoms with E-state index in [0.29, 0.717) is 5.88 Å². The second-order valence-electron chi connectivity index (χ2n) is 5.43. The number of ether oxygens (including phenoxy) is 1. The normalized spacial score (nSPS) is 16.8. The molecule has 0 atom stereocenters. The summed E-state index contributed by atoms with van der Waals surface area (Å²) in [6.07, 6.45) is 6.52. The van der Waals surface area contributed by atoms with Gasteiger partial charge in [-0.05, 0) is 38.9 Å². The van der Waals surface area contributed by atoms with Gasteiger partial charge in [0.2, 0.25) is 11.8 Å². The highest BCUT2D eigenvalue weighted by Gasteiger charge is 2.16. The molecule has 0 aliphatic carbocycles. The molecule has 0 bridgehead atoms. The molecule has 1 aromatic heterocycles. The van der Waals surface area contributed by atoms with Crippen molar-refractivity contribution in [1.82, 2.24) is 14.9 Å². The molecule has 1 aromatic rings. The maximum Gasteiger partial charge on any atom is 0.228 e. The number of nitrogens with two attached hydrogens (primary N) is 1. The quantitative estimate of drug-likeness (QED) is 0.760. The molecule has 0 amide bonds. The van der Waals surface area contributed by atoms with Crippen LogP contribution < -0.4 is 15.4 Å². The minimum atomic E-state index is 0.628. The van der Waals surface area contributed by atoms with E-state index in [1.807, 2.05) is 0 Å². The lowest BCUT2D eigenvalue weighted by Crippen LogP contribution is -2.32. The van der Waals surface area contributed by atoms with Gasteiger partial charge in [-0.15, -0.1) is 0 Å². The van der Waals surface area contributed by atoms with Crippen molar-refractivity contribution >= 4 is 5.95 Å². The van der Waals surface area contributed by atoms with Gasteiger partial charge in [0.15, 0.2) is 0 Å². The Kier molecular flexibility index (Phi) is 6.69. The Hall–Kier alpha value is -1.40. The zero-order valence-electron chi connectivity index (χ0n) is 13.0. The van der Waals surface area contributed by atoms with Crippen molar-refractivity contribution in [3.05, 3.63) is 12.3 Å². The highest BCUT2D eigenvalue weighted by atomic mass is 16.5. The van der Waals surface area contributed by atoms with Gasteiger partial charge < -0.3 is 20.3 Å². The SMILES string of the molecule is COc1ccnc(N2CCCN(CCCCCN)CC2)n1. The van der Waals surface area contributed by atoms with E-state index in [0.717, 1.165) is 51.5 Å². The smallest absolute Gasteiger partial charge is 0.228 e. The Balaban J connectivity index is 1.82. The van der Waals surface area contributed by atoms with Gasteiger partial charge in [-0.2, -0.15) is 4.98 Å². The fourth-order valence-corrected chi connectivity index (χ4v) is 2.65. The van der Waals surface area contributed by atoms with Gasteiger partial charge in [0.05, 0.1) is 7.11 Å². The van der Waals surface area contributed by atoms with Crippen molar-refractivity contribution in [2.45, 2.75) is 25.7 Å². The predicted octanol–water partition coefficient (Wildman–Crippen LogP) is 1.13. The molecule has 1 saturated heterocycles. The van der Waals surface area contributed by atoms with Crippen LogP contribution in [0.4, 0.5) is 5.95 Å². The van der Waals surface area contributed by atoms with E-state index in [9.17, 15) is 0 Å². The standard InChI is InChI=1S/C15H27N5O/c1-21-14-6-8-17-15(18-14)20-11-5-10-19(12-13-20)9-4-2-3-7-16/h6,8H,2-5,7,9-13,16H2,1H3. The zero-order chi connectivity index (χ0) is 14.9. The van der Waals surface area contributed by atoms with E-state index >= 15 is 0 Å². The Morgan fingerprint density at radius 1 is 1.19 bits per heavy atom. The van der Waals surface area contributed by atoms with Crippen LogP contribution in [0.2, 0.25) is 0 Å². The third-order valence-corrected chi connectivity index (χ3v) is 3.88. The van der Waals surface area contributed by atoms with Gasteiger partial charge in [-0.3, -0.25) is 0 Å². The van der Waals surface area contributed by atoms with Crippen LogP contribution in [0.25, 0.3) is 0 Å². The number of nitrogens with zero attached hydrogens (tertiary/aromatic N) is 4. The first-order valence-corrected chi connectivity index (χ1v) is 7.88. The molecule has 0 aromatic carbocycles. The fraction of sp³-hybridized carbons (Fsp3) is 0.733. The Labute approximate surface area is 127 Å². The Morgan fingerprint density at radius 3 is 2.90 bits per heavy atom. The predicted molar refractivity (Wildman–Crippen MR) is 84.8 cm³/mol. The summed E-state index contributed by atoms with van der Waals surface area (Å²) < 4.78 is 5.18. The highest BCUT2D eigenvalue weighted by molar-refractivity contribution is 5.32. The third-order valence-electron chi connectivity index (χ3n) is 3.88. The number of rotatable bonds is 7. The average Bonchev–Trinajstić information content (AvgIpc) is 2.77. The molecule has 6 nitrogen and oxygen atoms in total. The van der Waals surface area contributed by atoms with Crippen LogP contribution in [-0.4, -0.2) is 61.2 Å². The molecule has 1 aliphatic rings. The van der Waals surface area contributed by atoms with Crippen LogP contribution in [0.5, 0.6) is 5.88 Å². The largest absolute Gasteiger partial charge is 0.481 e. The summed E-state index contributed by atoms with van der Waals surface area (Å²) in [5.41, 5.74) is 5.53. The van der Waals surface area contributed by atoms with Crippen LogP contribution in [0, 0.1) is 0 Å². The maximum atomic E-state index is 5.53. The second kappa shape index (κ2) is 8.79. The van der Waals surface area contributed by atoms with Crippen molar-refractivity contribution in [1.29, 1.82) is 0 Å². The molecular formula is C15H27N5O. The van der Waals surface area contributed by atoms with E-state index in [1.165, 1.54) is 19.4 Å². The summed E-state index contributed by atoms with van der Waals surface area (Å²) >= 11 is 0. The minimum absolute atomic E-state index is 0.628. The van der Waals surface area contributed by atoms with Gasteiger partial charge in [0, 0.05) is 31.9 Å². The fourth-order valence-electron chi connectivity index (χ4n) is 2.65. The number of methoxy groups -OCH3 is 1. The second-order valence-corrected chi connectivity index (χ2v) is 5.43. The molecule has 0 saturated carbocycles. The lowest BCUT2D eigenvalue weighted by atomic mass is 10.2. The first-order valence-electron chi connectivity index (χ1n) is 7.88. The van der Waals surface area contributed by atoms with E-state index in [2.05, 4.69) is 19.8 Å². The van der Waals surface area contributed by atoms with Gasteiger partial charge in [0.1, 0.15) is 0 Å². The monoisotopic (exact) mass is 293 g/mol. The van der Waals surface area contributed by atoms with Gasteiger partial charge in [-0.1, -0.05) is 6.42 Å². The average molecular weight is 293 g/mol.